The second-order valence-electron chi connectivity index (χ2n) is 6.77. The van der Waals surface area contributed by atoms with Crippen LogP contribution in [0.15, 0.2) is 47.5 Å². The van der Waals surface area contributed by atoms with Crippen molar-refractivity contribution in [1.82, 2.24) is 9.71 Å². The molecular formula is C20H21F3N2OS. The Balaban J connectivity index is 1.89. The van der Waals surface area contributed by atoms with Gasteiger partial charge in [-0.3, -0.25) is 0 Å². The number of halogens is 3. The Bertz CT molecular complexity index is 971. The number of rotatable bonds is 5. The third-order valence-corrected chi connectivity index (χ3v) is 6.05. The van der Waals surface area contributed by atoms with Crippen LogP contribution in [-0.2, 0) is 17.4 Å². The van der Waals surface area contributed by atoms with Crippen LogP contribution in [0.25, 0.3) is 10.9 Å². The zero-order valence-corrected chi connectivity index (χ0v) is 16.1. The normalized spacial score (nSPS) is 14.4. The number of alkyl halides is 3. The number of hydrogen-bond acceptors (Lipinski definition) is 1. The minimum absolute atomic E-state index is 0.302. The molecule has 0 bridgehead atoms. The summed E-state index contributed by atoms with van der Waals surface area (Å²) in [5.41, 5.74) is 3.73. The van der Waals surface area contributed by atoms with E-state index < -0.39 is 23.2 Å². The Kier molecular flexibility index (Phi) is 5.44. The van der Waals surface area contributed by atoms with Gasteiger partial charge in [-0.1, -0.05) is 35.9 Å². The molecule has 0 fully saturated rings. The van der Waals surface area contributed by atoms with Gasteiger partial charge in [-0.2, -0.15) is 13.2 Å². The van der Waals surface area contributed by atoms with E-state index in [4.69, 9.17) is 0 Å². The van der Waals surface area contributed by atoms with Crippen LogP contribution in [0.1, 0.15) is 22.3 Å². The highest BCUT2D eigenvalue weighted by molar-refractivity contribution is 7.83. The third-order valence-electron chi connectivity index (χ3n) is 4.53. The first-order valence-electron chi connectivity index (χ1n) is 8.54. The summed E-state index contributed by atoms with van der Waals surface area (Å²) in [6, 6.07) is 8.92. The van der Waals surface area contributed by atoms with Crippen molar-refractivity contribution in [2.75, 3.05) is 0 Å². The van der Waals surface area contributed by atoms with E-state index in [9.17, 15) is 17.4 Å². The lowest BCUT2D eigenvalue weighted by molar-refractivity contribution is -0.150. The predicted molar refractivity (Wildman–Crippen MR) is 102 cm³/mol. The van der Waals surface area contributed by atoms with Gasteiger partial charge in [0, 0.05) is 17.1 Å². The lowest BCUT2D eigenvalue weighted by atomic mass is 10.1. The average molecular weight is 394 g/mol. The van der Waals surface area contributed by atoms with Gasteiger partial charge in [0.05, 0.1) is 4.90 Å². The first-order chi connectivity index (χ1) is 12.7. The van der Waals surface area contributed by atoms with E-state index in [2.05, 4.69) is 9.71 Å². The van der Waals surface area contributed by atoms with Gasteiger partial charge in [-0.05, 0) is 49.9 Å². The van der Waals surface area contributed by atoms with Crippen molar-refractivity contribution in [2.24, 2.45) is 0 Å². The van der Waals surface area contributed by atoms with Crippen LogP contribution in [0.5, 0.6) is 0 Å². The van der Waals surface area contributed by atoms with E-state index in [1.54, 1.807) is 32.2 Å². The van der Waals surface area contributed by atoms with Gasteiger partial charge in [0.1, 0.15) is 17.0 Å². The number of H-pyrrole nitrogens is 1. The van der Waals surface area contributed by atoms with E-state index >= 15 is 0 Å². The highest BCUT2D eigenvalue weighted by Crippen LogP contribution is 2.28. The summed E-state index contributed by atoms with van der Waals surface area (Å²) in [5, 5.41) is 0.738. The molecule has 1 heterocycles. The van der Waals surface area contributed by atoms with Crippen molar-refractivity contribution in [1.29, 1.82) is 0 Å². The van der Waals surface area contributed by atoms with Crippen molar-refractivity contribution in [3.05, 3.63) is 64.8 Å². The smallest absolute Gasteiger partial charge is 0.361 e. The number of aryl methyl sites for hydroxylation is 3. The maximum Gasteiger partial charge on any atom is 0.405 e. The molecule has 27 heavy (non-hydrogen) atoms. The summed E-state index contributed by atoms with van der Waals surface area (Å²) in [6.07, 6.45) is -3.25. The quantitative estimate of drug-likeness (QED) is 0.637. The van der Waals surface area contributed by atoms with Gasteiger partial charge >= 0.3 is 6.18 Å². The van der Waals surface area contributed by atoms with Crippen LogP contribution in [0.2, 0.25) is 0 Å². The number of benzene rings is 2. The zero-order chi connectivity index (χ0) is 19.8. The van der Waals surface area contributed by atoms with Crippen molar-refractivity contribution in [3.8, 4) is 0 Å². The molecule has 2 N–H and O–H groups in total. The molecule has 1 aromatic heterocycles. The maximum atomic E-state index is 13.6. The molecule has 144 valence electrons. The molecule has 3 nitrogen and oxygen atoms in total. The molecule has 2 unspecified atom stereocenters. The van der Waals surface area contributed by atoms with Crippen LogP contribution in [-0.4, -0.2) is 21.4 Å². The van der Waals surface area contributed by atoms with Gasteiger partial charge < -0.3 is 4.98 Å². The molecule has 0 aliphatic rings. The molecule has 0 saturated carbocycles. The first-order valence-corrected chi connectivity index (χ1v) is 9.69. The molecule has 7 heteroatoms. The highest BCUT2D eigenvalue weighted by atomic mass is 32.2. The fourth-order valence-electron chi connectivity index (χ4n) is 3.39. The molecule has 0 saturated heterocycles. The largest absolute Gasteiger partial charge is 0.405 e. The van der Waals surface area contributed by atoms with Gasteiger partial charge in [0.15, 0.2) is 0 Å². The highest BCUT2D eigenvalue weighted by Gasteiger charge is 2.41. The predicted octanol–water partition coefficient (Wildman–Crippen LogP) is 4.88. The van der Waals surface area contributed by atoms with Gasteiger partial charge in [-0.15, -0.1) is 0 Å². The van der Waals surface area contributed by atoms with Crippen LogP contribution in [0, 0.1) is 20.8 Å². The van der Waals surface area contributed by atoms with E-state index in [-0.39, 0.29) is 6.42 Å². The van der Waals surface area contributed by atoms with E-state index in [0.29, 0.717) is 21.6 Å². The van der Waals surface area contributed by atoms with Crippen LogP contribution < -0.4 is 4.72 Å². The molecule has 2 atom stereocenters. The number of nitrogens with one attached hydrogen (secondary N) is 2. The number of fused-ring (bicyclic) bond motifs is 1. The Labute approximate surface area is 158 Å². The van der Waals surface area contributed by atoms with Crippen LogP contribution in [0.4, 0.5) is 13.2 Å². The topological polar surface area (TPSA) is 44.9 Å². The minimum atomic E-state index is -4.53. The van der Waals surface area contributed by atoms with Gasteiger partial charge in [0.25, 0.3) is 0 Å². The molecule has 3 rings (SSSR count). The van der Waals surface area contributed by atoms with E-state index in [1.807, 2.05) is 31.2 Å². The standard InChI is InChI=1S/C20H21F3N2OS/c1-12-8-13(2)19(14(3)9-12)27(26)25-18(20(21,22)23)10-15-11-24-17-7-5-4-6-16(15)17/h4-9,11,18,24-25H,10H2,1-3H3. The fourth-order valence-corrected chi connectivity index (χ4v) is 4.69. The summed E-state index contributed by atoms with van der Waals surface area (Å²) in [4.78, 5) is 3.39. The minimum Gasteiger partial charge on any atom is -0.361 e. The monoisotopic (exact) mass is 394 g/mol. The van der Waals surface area contributed by atoms with Crippen molar-refractivity contribution in [2.45, 2.75) is 44.3 Å². The summed E-state index contributed by atoms with van der Waals surface area (Å²) >= 11 is 0. The second-order valence-corrected chi connectivity index (χ2v) is 7.95. The Hall–Kier alpha value is -2.12. The molecule has 0 radical (unpaired) electrons. The fraction of sp³-hybridized carbons (Fsp3) is 0.300. The van der Waals surface area contributed by atoms with Gasteiger partial charge in [0.2, 0.25) is 0 Å². The number of para-hydroxylation sites is 1. The first kappa shape index (κ1) is 19.6. The van der Waals surface area contributed by atoms with Crippen LogP contribution in [0.3, 0.4) is 0 Å². The molecule has 0 amide bonds. The second kappa shape index (κ2) is 7.48. The summed E-state index contributed by atoms with van der Waals surface area (Å²) in [7, 11) is -1.97. The Morgan fingerprint density at radius 3 is 2.37 bits per heavy atom. The number of aromatic nitrogens is 1. The number of aromatic amines is 1. The summed E-state index contributed by atoms with van der Waals surface area (Å²) in [5.74, 6) is 0. The SMILES string of the molecule is Cc1cc(C)c(S(=O)NC(Cc2c[nH]c3ccccc23)C(F)(F)F)c(C)c1. The van der Waals surface area contributed by atoms with Gasteiger partial charge in [-0.25, -0.2) is 8.93 Å². The van der Waals surface area contributed by atoms with E-state index in [0.717, 1.165) is 16.5 Å². The molecule has 3 aromatic rings. The Morgan fingerprint density at radius 1 is 1.11 bits per heavy atom. The molecule has 0 aliphatic heterocycles. The maximum absolute atomic E-state index is 13.6. The van der Waals surface area contributed by atoms with Crippen molar-refractivity contribution >= 4 is 21.9 Å². The molecular weight excluding hydrogens is 373 g/mol. The molecule has 0 aliphatic carbocycles. The van der Waals surface area contributed by atoms with Crippen molar-refractivity contribution < 1.29 is 17.4 Å². The lowest BCUT2D eigenvalue weighted by Gasteiger charge is -2.22. The average Bonchev–Trinajstić information content (AvgIpc) is 2.95. The summed E-state index contributed by atoms with van der Waals surface area (Å²) in [6.45, 7) is 5.42. The van der Waals surface area contributed by atoms with Crippen molar-refractivity contribution in [3.63, 3.8) is 0 Å². The molecule has 2 aromatic carbocycles. The molecule has 0 spiro atoms. The number of hydrogen-bond donors (Lipinski definition) is 2. The zero-order valence-electron chi connectivity index (χ0n) is 15.3. The Morgan fingerprint density at radius 2 is 1.74 bits per heavy atom. The lowest BCUT2D eigenvalue weighted by Crippen LogP contribution is -2.44. The van der Waals surface area contributed by atoms with Crippen LogP contribution >= 0.6 is 0 Å². The third kappa shape index (κ3) is 4.25. The summed E-state index contributed by atoms with van der Waals surface area (Å²) < 4.78 is 56.0. The van der Waals surface area contributed by atoms with E-state index in [1.165, 1.54) is 0 Å².